The fourth-order valence-corrected chi connectivity index (χ4v) is 3.40. The minimum Gasteiger partial charge on any atom is -0.493 e. The fraction of sp³-hybridized carbons (Fsp3) is 0.118. The molecule has 1 aliphatic rings. The van der Waals surface area contributed by atoms with Crippen molar-refractivity contribution in [2.24, 2.45) is 15.3 Å². The number of benzene rings is 1. The molecule has 3 heterocycles. The van der Waals surface area contributed by atoms with Gasteiger partial charge in [0.25, 0.3) is 5.24 Å². The first kappa shape index (κ1) is 18.9. The highest BCUT2D eigenvalue weighted by Crippen LogP contribution is 2.37. The van der Waals surface area contributed by atoms with E-state index in [4.69, 9.17) is 0 Å². The molecule has 1 aliphatic heterocycles. The van der Waals surface area contributed by atoms with E-state index in [1.807, 2.05) is 31.2 Å². The van der Waals surface area contributed by atoms with Crippen LogP contribution in [0.1, 0.15) is 12.5 Å². The van der Waals surface area contributed by atoms with Gasteiger partial charge in [-0.05, 0) is 36.8 Å². The fourth-order valence-electron chi connectivity index (χ4n) is 2.68. The molecule has 0 fully saturated rings. The molecule has 27 heavy (non-hydrogen) atoms. The van der Waals surface area contributed by atoms with Crippen LogP contribution in [0, 0.1) is 0 Å². The Balaban J connectivity index is 0.00000210. The maximum atomic E-state index is 11.4. The smallest absolute Gasteiger partial charge is 0.299 e. The monoisotopic (exact) mass is 402 g/mol. The molecular weight excluding hydrogens is 388 g/mol. The largest absolute Gasteiger partial charge is 0.493 e. The van der Waals surface area contributed by atoms with Gasteiger partial charge in [0.2, 0.25) is 5.88 Å². The van der Waals surface area contributed by atoms with E-state index in [0.29, 0.717) is 16.9 Å². The van der Waals surface area contributed by atoms with Crippen molar-refractivity contribution in [3.8, 4) is 5.88 Å². The van der Waals surface area contributed by atoms with Gasteiger partial charge in [-0.2, -0.15) is 5.10 Å². The van der Waals surface area contributed by atoms with Crippen LogP contribution in [0.25, 0.3) is 10.9 Å². The van der Waals surface area contributed by atoms with Gasteiger partial charge in [0, 0.05) is 11.6 Å². The van der Waals surface area contributed by atoms with E-state index >= 15 is 0 Å². The normalized spacial score (nSPS) is 16.9. The van der Waals surface area contributed by atoms with Crippen LogP contribution in [0.15, 0.2) is 57.9 Å². The summed E-state index contributed by atoms with van der Waals surface area (Å²) in [5.41, 5.74) is 5.12. The summed E-state index contributed by atoms with van der Waals surface area (Å²) in [4.78, 5) is 18.4. The van der Waals surface area contributed by atoms with Gasteiger partial charge in [-0.1, -0.05) is 23.9 Å². The number of nitrogens with zero attached hydrogens (tertiary/aromatic N) is 4. The number of halogens is 1. The summed E-state index contributed by atoms with van der Waals surface area (Å²) in [6.45, 7) is 1.92. The van der Waals surface area contributed by atoms with E-state index in [2.05, 4.69) is 30.7 Å². The Morgan fingerprint density at radius 2 is 2.07 bits per heavy atom. The Hall–Kier alpha value is -2.91. The average molecular weight is 403 g/mol. The third-order valence-corrected chi connectivity index (χ3v) is 4.77. The van der Waals surface area contributed by atoms with Crippen LogP contribution >= 0.6 is 24.2 Å². The zero-order chi connectivity index (χ0) is 18.1. The number of rotatable bonds is 3. The van der Waals surface area contributed by atoms with Crippen LogP contribution in [0.5, 0.6) is 5.88 Å². The second-order valence-electron chi connectivity index (χ2n) is 5.63. The highest BCUT2D eigenvalue weighted by Gasteiger charge is 2.23. The van der Waals surface area contributed by atoms with Gasteiger partial charge in [-0.25, -0.2) is 10.4 Å². The molecular formula is C17H15ClN6O2S. The second-order valence-corrected chi connectivity index (χ2v) is 6.94. The number of carbonyl (C=O) groups is 1. The summed E-state index contributed by atoms with van der Waals surface area (Å²) in [6.07, 6.45) is 1.62. The van der Waals surface area contributed by atoms with Gasteiger partial charge < -0.3 is 10.1 Å². The predicted molar refractivity (Wildman–Crippen MR) is 108 cm³/mol. The van der Waals surface area contributed by atoms with Gasteiger partial charge >= 0.3 is 0 Å². The molecule has 8 nitrogen and oxygen atoms in total. The molecule has 1 aromatic carbocycles. The van der Waals surface area contributed by atoms with Crippen molar-refractivity contribution in [3.63, 3.8) is 0 Å². The van der Waals surface area contributed by atoms with Crippen molar-refractivity contribution in [1.29, 1.82) is 0 Å². The number of azo groups is 1. The second kappa shape index (κ2) is 7.77. The Bertz CT molecular complexity index is 1050. The first-order valence-electron chi connectivity index (χ1n) is 7.84. The lowest BCUT2D eigenvalue weighted by Gasteiger charge is -2.18. The number of aromatic hydroxyl groups is 1. The minimum absolute atomic E-state index is 0. The Morgan fingerprint density at radius 1 is 1.22 bits per heavy atom. The molecule has 1 unspecified atom stereocenters. The lowest BCUT2D eigenvalue weighted by molar-refractivity contribution is 0.261. The molecule has 0 bridgehead atoms. The van der Waals surface area contributed by atoms with E-state index in [0.717, 1.165) is 16.8 Å². The van der Waals surface area contributed by atoms with Crippen LogP contribution in [0.4, 0.5) is 16.3 Å². The van der Waals surface area contributed by atoms with Gasteiger partial charge in [-0.3, -0.25) is 4.79 Å². The van der Waals surface area contributed by atoms with Gasteiger partial charge in [-0.15, -0.1) is 22.6 Å². The highest BCUT2D eigenvalue weighted by molar-refractivity contribution is 8.14. The topological polar surface area (TPSA) is 115 Å². The van der Waals surface area contributed by atoms with Gasteiger partial charge in [0.05, 0.1) is 16.5 Å². The SMILES string of the molecule is CC1SC(=O)NN=C1c1ccc2[nH]c(O)c(N=Nc3ccccn3)c2c1.Cl. The van der Waals surface area contributed by atoms with Crippen LogP contribution in [-0.4, -0.2) is 31.3 Å². The first-order chi connectivity index (χ1) is 12.6. The lowest BCUT2D eigenvalue weighted by atomic mass is 10.1. The van der Waals surface area contributed by atoms with E-state index in [-0.39, 0.29) is 28.8 Å². The summed E-state index contributed by atoms with van der Waals surface area (Å²) in [5.74, 6) is 0.375. The number of thioether (sulfide) groups is 1. The number of H-pyrrole nitrogens is 1. The summed E-state index contributed by atoms with van der Waals surface area (Å²) >= 11 is 1.18. The molecule has 3 aromatic rings. The Morgan fingerprint density at radius 3 is 2.81 bits per heavy atom. The van der Waals surface area contributed by atoms with Crippen molar-refractivity contribution in [1.82, 2.24) is 15.4 Å². The molecule has 0 radical (unpaired) electrons. The molecule has 2 aromatic heterocycles. The van der Waals surface area contributed by atoms with Crippen LogP contribution in [-0.2, 0) is 0 Å². The third-order valence-electron chi connectivity index (χ3n) is 3.89. The average Bonchev–Trinajstić information content (AvgIpc) is 2.95. The van der Waals surface area contributed by atoms with Crippen molar-refractivity contribution in [2.45, 2.75) is 12.2 Å². The quantitative estimate of drug-likeness (QED) is 0.552. The number of aromatic nitrogens is 2. The maximum absolute atomic E-state index is 11.4. The number of fused-ring (bicyclic) bond motifs is 1. The molecule has 3 N–H and O–H groups in total. The molecule has 10 heteroatoms. The minimum atomic E-state index is -0.175. The highest BCUT2D eigenvalue weighted by atomic mass is 35.5. The Labute approximate surface area is 164 Å². The molecule has 1 amide bonds. The van der Waals surface area contributed by atoms with E-state index in [9.17, 15) is 9.90 Å². The van der Waals surface area contributed by atoms with Crippen molar-refractivity contribution >= 4 is 57.5 Å². The molecule has 138 valence electrons. The first-order valence-corrected chi connectivity index (χ1v) is 8.72. The van der Waals surface area contributed by atoms with Crippen molar-refractivity contribution in [3.05, 3.63) is 48.2 Å². The predicted octanol–water partition coefficient (Wildman–Crippen LogP) is 4.65. The number of carbonyl (C=O) groups excluding carboxylic acids is 1. The third kappa shape index (κ3) is 3.79. The molecule has 0 saturated heterocycles. The number of pyridine rings is 1. The van der Waals surface area contributed by atoms with E-state index in [1.165, 1.54) is 11.8 Å². The standard InChI is InChI=1S/C17H14N6O2S.ClH/c1-9-14(21-23-17(25)26-9)10-5-6-12-11(8-10)15(16(24)19-12)22-20-13-4-2-3-7-18-13;/h2-9,19,24H,1H3,(H,23,25);1H. The van der Waals surface area contributed by atoms with E-state index in [1.54, 1.807) is 18.3 Å². The summed E-state index contributed by atoms with van der Waals surface area (Å²) in [6, 6.07) is 10.9. The summed E-state index contributed by atoms with van der Waals surface area (Å²) in [7, 11) is 0. The number of hydrogen-bond donors (Lipinski definition) is 3. The maximum Gasteiger partial charge on any atom is 0.299 e. The zero-order valence-corrected chi connectivity index (χ0v) is 15.7. The number of hydrogen-bond acceptors (Lipinski definition) is 7. The van der Waals surface area contributed by atoms with Gasteiger partial charge in [0.1, 0.15) is 0 Å². The Kier molecular flexibility index (Phi) is 5.43. The molecule has 0 spiro atoms. The van der Waals surface area contributed by atoms with Crippen molar-refractivity contribution in [2.75, 3.05) is 0 Å². The zero-order valence-electron chi connectivity index (χ0n) is 14.1. The molecule has 4 rings (SSSR count). The lowest BCUT2D eigenvalue weighted by Crippen LogP contribution is -2.29. The summed E-state index contributed by atoms with van der Waals surface area (Å²) in [5, 5.41) is 23.0. The number of nitrogens with one attached hydrogen (secondary N) is 2. The van der Waals surface area contributed by atoms with E-state index < -0.39 is 0 Å². The van der Waals surface area contributed by atoms with Crippen LogP contribution in [0.2, 0.25) is 0 Å². The number of aromatic amines is 1. The van der Waals surface area contributed by atoms with Gasteiger partial charge in [0.15, 0.2) is 11.5 Å². The number of amides is 1. The number of hydrazone groups is 1. The molecule has 1 atom stereocenters. The molecule has 0 saturated carbocycles. The molecule has 0 aliphatic carbocycles. The summed E-state index contributed by atoms with van der Waals surface area (Å²) < 4.78 is 0. The van der Waals surface area contributed by atoms with Crippen LogP contribution in [0.3, 0.4) is 0 Å². The van der Waals surface area contributed by atoms with Crippen molar-refractivity contribution < 1.29 is 9.90 Å². The van der Waals surface area contributed by atoms with Crippen LogP contribution < -0.4 is 5.43 Å².